The molecule has 31 heavy (non-hydrogen) atoms. The Kier molecular flexibility index (Phi) is 6.51. The number of anilines is 2. The van der Waals surface area contributed by atoms with Crippen molar-refractivity contribution in [3.8, 4) is 0 Å². The van der Waals surface area contributed by atoms with Gasteiger partial charge >= 0.3 is 11.8 Å². The maximum Gasteiger partial charge on any atom is 0.313 e. The third kappa shape index (κ3) is 5.05. The Morgan fingerprint density at radius 3 is 2.61 bits per heavy atom. The largest absolute Gasteiger partial charge is 0.374 e. The fourth-order valence-electron chi connectivity index (χ4n) is 4.51. The van der Waals surface area contributed by atoms with Crippen LogP contribution in [-0.4, -0.2) is 49.9 Å². The van der Waals surface area contributed by atoms with Crippen molar-refractivity contribution >= 4 is 23.2 Å². The number of hydrogen-bond acceptors (Lipinski definition) is 4. The number of benzene rings is 2. The molecule has 1 atom stereocenters. The molecule has 0 saturated carbocycles. The van der Waals surface area contributed by atoms with Crippen molar-refractivity contribution < 1.29 is 14.0 Å². The van der Waals surface area contributed by atoms with Gasteiger partial charge in [0.15, 0.2) is 0 Å². The van der Waals surface area contributed by atoms with E-state index in [1.54, 1.807) is 6.07 Å². The van der Waals surface area contributed by atoms with Gasteiger partial charge < -0.3 is 15.5 Å². The van der Waals surface area contributed by atoms with Crippen LogP contribution in [0.5, 0.6) is 0 Å². The van der Waals surface area contributed by atoms with Gasteiger partial charge in [-0.05, 0) is 67.7 Å². The normalized spacial score (nSPS) is 17.2. The molecule has 0 radical (unpaired) electrons. The van der Waals surface area contributed by atoms with Crippen molar-refractivity contribution in [2.24, 2.45) is 0 Å². The van der Waals surface area contributed by atoms with Crippen LogP contribution in [0, 0.1) is 5.82 Å². The Morgan fingerprint density at radius 1 is 1.03 bits per heavy atom. The lowest BCUT2D eigenvalue weighted by Crippen LogP contribution is -2.43. The van der Waals surface area contributed by atoms with Gasteiger partial charge in [0.1, 0.15) is 5.82 Å². The molecule has 6 nitrogen and oxygen atoms in total. The standard InChI is InChI=1S/C24H29FN4O2/c1-28-13-10-18-14-17(8-9-21(18)28)22(29-11-3-2-4-12-29)16-26-23(30)24(31)27-20-7-5-6-19(25)15-20/h5-9,14-15,22H,2-4,10-13,16H2,1H3,(H,26,30)(H,27,31)/t22-/m0/s1. The highest BCUT2D eigenvalue weighted by Gasteiger charge is 2.26. The molecule has 2 aromatic carbocycles. The van der Waals surface area contributed by atoms with Gasteiger partial charge in [-0.2, -0.15) is 0 Å². The second-order valence-electron chi connectivity index (χ2n) is 8.35. The molecule has 0 spiro atoms. The van der Waals surface area contributed by atoms with Crippen LogP contribution in [-0.2, 0) is 16.0 Å². The van der Waals surface area contributed by atoms with E-state index in [0.717, 1.165) is 38.9 Å². The SMILES string of the molecule is CN1CCc2cc([C@H](CNC(=O)C(=O)Nc3cccc(F)c3)N3CCCCC3)ccc21. The number of carbonyl (C=O) groups excluding carboxylic acids is 2. The van der Waals surface area contributed by atoms with Gasteiger partial charge in [-0.3, -0.25) is 14.5 Å². The number of nitrogens with one attached hydrogen (secondary N) is 2. The van der Waals surface area contributed by atoms with Crippen LogP contribution in [0.2, 0.25) is 0 Å². The van der Waals surface area contributed by atoms with E-state index in [0.29, 0.717) is 6.54 Å². The lowest BCUT2D eigenvalue weighted by atomic mass is 9.98. The summed E-state index contributed by atoms with van der Waals surface area (Å²) in [5, 5.41) is 5.25. The molecule has 0 unspecified atom stereocenters. The molecule has 164 valence electrons. The second-order valence-corrected chi connectivity index (χ2v) is 8.35. The summed E-state index contributed by atoms with van der Waals surface area (Å²) in [5.41, 5.74) is 4.02. The number of nitrogens with zero attached hydrogens (tertiary/aromatic N) is 2. The summed E-state index contributed by atoms with van der Waals surface area (Å²) in [5.74, 6) is -1.98. The van der Waals surface area contributed by atoms with E-state index in [2.05, 4.69) is 45.7 Å². The Morgan fingerprint density at radius 2 is 1.84 bits per heavy atom. The van der Waals surface area contributed by atoms with E-state index in [1.807, 2.05) is 0 Å². The van der Waals surface area contributed by atoms with Crippen molar-refractivity contribution in [1.82, 2.24) is 10.2 Å². The predicted molar refractivity (Wildman–Crippen MR) is 120 cm³/mol. The summed E-state index contributed by atoms with van der Waals surface area (Å²) in [6.07, 6.45) is 4.52. The zero-order valence-electron chi connectivity index (χ0n) is 17.9. The summed E-state index contributed by atoms with van der Waals surface area (Å²) < 4.78 is 13.3. The summed E-state index contributed by atoms with van der Waals surface area (Å²) in [6, 6.07) is 12.1. The minimum absolute atomic E-state index is 0.0161. The van der Waals surface area contributed by atoms with E-state index in [-0.39, 0.29) is 11.7 Å². The summed E-state index contributed by atoms with van der Waals surface area (Å²) >= 11 is 0. The molecule has 1 fully saturated rings. The highest BCUT2D eigenvalue weighted by molar-refractivity contribution is 6.39. The van der Waals surface area contributed by atoms with Crippen LogP contribution in [0.15, 0.2) is 42.5 Å². The molecule has 4 rings (SSSR count). The van der Waals surface area contributed by atoms with Gasteiger partial charge in [0.25, 0.3) is 0 Å². The molecule has 2 aliphatic rings. The third-order valence-corrected chi connectivity index (χ3v) is 6.19. The van der Waals surface area contributed by atoms with Crippen LogP contribution in [0.3, 0.4) is 0 Å². The number of piperidine rings is 1. The first-order valence-corrected chi connectivity index (χ1v) is 10.9. The van der Waals surface area contributed by atoms with Crippen LogP contribution in [0.25, 0.3) is 0 Å². The van der Waals surface area contributed by atoms with Crippen LogP contribution < -0.4 is 15.5 Å². The van der Waals surface area contributed by atoms with Gasteiger partial charge in [0, 0.05) is 31.5 Å². The summed E-state index contributed by atoms with van der Waals surface area (Å²) in [4.78, 5) is 29.4. The predicted octanol–water partition coefficient (Wildman–Crippen LogP) is 3.10. The van der Waals surface area contributed by atoms with E-state index >= 15 is 0 Å². The lowest BCUT2D eigenvalue weighted by molar-refractivity contribution is -0.136. The number of rotatable bonds is 5. The summed E-state index contributed by atoms with van der Waals surface area (Å²) in [6.45, 7) is 3.33. The Bertz CT molecular complexity index is 958. The molecular formula is C24H29FN4O2. The number of hydrogen-bond donors (Lipinski definition) is 2. The van der Waals surface area contributed by atoms with E-state index in [4.69, 9.17) is 0 Å². The van der Waals surface area contributed by atoms with Crippen molar-refractivity contribution in [3.63, 3.8) is 0 Å². The smallest absolute Gasteiger partial charge is 0.313 e. The minimum atomic E-state index is -0.793. The number of carbonyl (C=O) groups is 2. The zero-order chi connectivity index (χ0) is 21.8. The number of fused-ring (bicyclic) bond motifs is 1. The molecule has 1 saturated heterocycles. The first-order chi connectivity index (χ1) is 15.0. The average molecular weight is 425 g/mol. The van der Waals surface area contributed by atoms with Crippen molar-refractivity contribution in [2.45, 2.75) is 31.7 Å². The van der Waals surface area contributed by atoms with Crippen molar-refractivity contribution in [3.05, 3.63) is 59.4 Å². The van der Waals surface area contributed by atoms with Gasteiger partial charge in [-0.25, -0.2) is 4.39 Å². The van der Waals surface area contributed by atoms with Gasteiger partial charge in [0.2, 0.25) is 0 Å². The van der Waals surface area contributed by atoms with Crippen LogP contribution in [0.1, 0.15) is 36.4 Å². The van der Waals surface area contributed by atoms with Crippen LogP contribution >= 0.6 is 0 Å². The van der Waals surface area contributed by atoms with Crippen molar-refractivity contribution in [1.29, 1.82) is 0 Å². The molecule has 2 aliphatic heterocycles. The Hall–Kier alpha value is -2.93. The van der Waals surface area contributed by atoms with E-state index < -0.39 is 17.6 Å². The highest BCUT2D eigenvalue weighted by Crippen LogP contribution is 2.32. The number of likely N-dealkylation sites (N-methyl/N-ethyl adjacent to an activating group) is 1. The maximum absolute atomic E-state index is 13.3. The fourth-order valence-corrected chi connectivity index (χ4v) is 4.51. The second kappa shape index (κ2) is 9.47. The number of amides is 2. The molecule has 2 amide bonds. The molecule has 0 aromatic heterocycles. The molecule has 0 bridgehead atoms. The quantitative estimate of drug-likeness (QED) is 0.724. The van der Waals surface area contributed by atoms with Gasteiger partial charge in [-0.15, -0.1) is 0 Å². The Labute approximate surface area is 182 Å². The molecule has 0 aliphatic carbocycles. The Balaban J connectivity index is 1.45. The topological polar surface area (TPSA) is 64.7 Å². The van der Waals surface area contributed by atoms with Crippen LogP contribution in [0.4, 0.5) is 15.8 Å². The third-order valence-electron chi connectivity index (χ3n) is 6.19. The molecule has 2 aromatic rings. The number of halogens is 1. The molecular weight excluding hydrogens is 395 g/mol. The fraction of sp³-hybridized carbons (Fsp3) is 0.417. The zero-order valence-corrected chi connectivity index (χ0v) is 17.9. The van der Waals surface area contributed by atoms with E-state index in [1.165, 1.54) is 41.4 Å². The monoisotopic (exact) mass is 424 g/mol. The molecule has 7 heteroatoms. The first kappa shape index (κ1) is 21.3. The van der Waals surface area contributed by atoms with Crippen molar-refractivity contribution in [2.75, 3.05) is 43.4 Å². The average Bonchev–Trinajstić information content (AvgIpc) is 3.14. The molecule has 2 heterocycles. The van der Waals surface area contributed by atoms with E-state index in [9.17, 15) is 14.0 Å². The maximum atomic E-state index is 13.3. The highest BCUT2D eigenvalue weighted by atomic mass is 19.1. The lowest BCUT2D eigenvalue weighted by Gasteiger charge is -2.35. The summed E-state index contributed by atoms with van der Waals surface area (Å²) in [7, 11) is 2.10. The van der Waals surface area contributed by atoms with Gasteiger partial charge in [-0.1, -0.05) is 24.6 Å². The first-order valence-electron chi connectivity index (χ1n) is 10.9. The minimum Gasteiger partial charge on any atom is -0.374 e. The van der Waals surface area contributed by atoms with Gasteiger partial charge in [0.05, 0.1) is 6.04 Å². The molecule has 2 N–H and O–H groups in total. The number of likely N-dealkylation sites (tertiary alicyclic amines) is 1.